The predicted molar refractivity (Wildman–Crippen MR) is 86.8 cm³/mol. The monoisotopic (exact) mass is 291 g/mol. The molecule has 22 heavy (non-hydrogen) atoms. The van der Waals surface area contributed by atoms with Crippen molar-refractivity contribution in [3.8, 4) is 0 Å². The maximum absolute atomic E-state index is 10.4. The van der Waals surface area contributed by atoms with E-state index in [4.69, 9.17) is 0 Å². The summed E-state index contributed by atoms with van der Waals surface area (Å²) in [6.45, 7) is 1.94. The number of nitrogens with one attached hydrogen (secondary N) is 1. The Morgan fingerprint density at radius 2 is 1.68 bits per heavy atom. The molecule has 2 aromatic carbocycles. The van der Waals surface area contributed by atoms with Crippen LogP contribution >= 0.6 is 0 Å². The fraction of sp³-hybridized carbons (Fsp3) is 0.222. The number of benzene rings is 2. The first kappa shape index (κ1) is 13.2. The van der Waals surface area contributed by atoms with Gasteiger partial charge in [-0.05, 0) is 30.2 Å². The van der Waals surface area contributed by atoms with Gasteiger partial charge in [0.2, 0.25) is 0 Å². The minimum Gasteiger partial charge on any atom is -0.390 e. The van der Waals surface area contributed by atoms with E-state index in [1.54, 1.807) is 0 Å². The zero-order valence-corrected chi connectivity index (χ0v) is 12.3. The van der Waals surface area contributed by atoms with Crippen LogP contribution in [-0.2, 0) is 6.42 Å². The van der Waals surface area contributed by atoms with Crippen molar-refractivity contribution >= 4 is 16.9 Å². The summed E-state index contributed by atoms with van der Waals surface area (Å²) in [4.78, 5) is 9.25. The van der Waals surface area contributed by atoms with Gasteiger partial charge >= 0.3 is 0 Å². The van der Waals surface area contributed by atoms with Crippen LogP contribution in [0.25, 0.3) is 11.0 Å². The average molecular weight is 291 g/mol. The van der Waals surface area contributed by atoms with E-state index in [2.05, 4.69) is 27.4 Å². The molecular weight excluding hydrogens is 274 g/mol. The van der Waals surface area contributed by atoms with Crippen molar-refractivity contribution in [2.24, 2.45) is 0 Å². The zero-order chi connectivity index (χ0) is 15.1. The molecule has 1 aliphatic rings. The molecule has 110 valence electrons. The molecule has 0 aliphatic heterocycles. The molecule has 2 atom stereocenters. The van der Waals surface area contributed by atoms with Gasteiger partial charge in [0.1, 0.15) is 5.82 Å². The summed E-state index contributed by atoms with van der Waals surface area (Å²) in [5.74, 6) is 0.736. The average Bonchev–Trinajstić information content (AvgIpc) is 2.84. The van der Waals surface area contributed by atoms with Crippen LogP contribution in [0, 0.1) is 6.92 Å². The summed E-state index contributed by atoms with van der Waals surface area (Å²) in [6.07, 6.45) is 0.235. The summed E-state index contributed by atoms with van der Waals surface area (Å²) in [6, 6.07) is 15.8. The van der Waals surface area contributed by atoms with Crippen LogP contribution in [0.5, 0.6) is 0 Å². The molecule has 3 aromatic rings. The highest BCUT2D eigenvalue weighted by Crippen LogP contribution is 2.34. The number of aromatic nitrogens is 2. The molecule has 0 bridgehead atoms. The molecule has 4 nitrogen and oxygen atoms in total. The minimum atomic E-state index is -0.440. The van der Waals surface area contributed by atoms with Crippen molar-refractivity contribution in [1.82, 2.24) is 9.97 Å². The topological polar surface area (TPSA) is 58.0 Å². The van der Waals surface area contributed by atoms with Crippen LogP contribution in [-0.4, -0.2) is 21.2 Å². The second kappa shape index (κ2) is 5.07. The Kier molecular flexibility index (Phi) is 3.05. The number of hydrogen-bond donors (Lipinski definition) is 2. The largest absolute Gasteiger partial charge is 0.390 e. The van der Waals surface area contributed by atoms with Crippen LogP contribution in [0.15, 0.2) is 48.5 Å². The Hall–Kier alpha value is -2.46. The van der Waals surface area contributed by atoms with Crippen LogP contribution < -0.4 is 5.32 Å². The van der Waals surface area contributed by atoms with Crippen molar-refractivity contribution in [2.75, 3.05) is 5.32 Å². The lowest BCUT2D eigenvalue weighted by molar-refractivity contribution is 0.165. The van der Waals surface area contributed by atoms with E-state index in [-0.39, 0.29) is 6.04 Å². The molecule has 0 radical (unpaired) electrons. The molecule has 1 heterocycles. The molecule has 0 saturated carbocycles. The molecule has 0 saturated heterocycles. The second-order valence-electron chi connectivity index (χ2n) is 5.74. The fourth-order valence-electron chi connectivity index (χ4n) is 3.12. The molecule has 0 amide bonds. The number of aliphatic hydroxyl groups is 1. The number of anilines is 1. The minimum absolute atomic E-state index is 0.134. The van der Waals surface area contributed by atoms with Gasteiger partial charge in [-0.1, -0.05) is 36.4 Å². The van der Waals surface area contributed by atoms with Gasteiger partial charge in [-0.3, -0.25) is 0 Å². The van der Waals surface area contributed by atoms with E-state index in [1.165, 1.54) is 5.56 Å². The number of nitrogens with zero attached hydrogens (tertiary/aromatic N) is 2. The van der Waals surface area contributed by atoms with Gasteiger partial charge < -0.3 is 10.4 Å². The molecule has 4 heteroatoms. The summed E-state index contributed by atoms with van der Waals surface area (Å²) >= 11 is 0. The van der Waals surface area contributed by atoms with Gasteiger partial charge in [0, 0.05) is 6.42 Å². The summed E-state index contributed by atoms with van der Waals surface area (Å²) in [5.41, 5.74) is 4.92. The first-order valence-electron chi connectivity index (χ1n) is 7.48. The smallest absolute Gasteiger partial charge is 0.148 e. The van der Waals surface area contributed by atoms with Crippen molar-refractivity contribution in [1.29, 1.82) is 0 Å². The van der Waals surface area contributed by atoms with Crippen molar-refractivity contribution < 1.29 is 5.11 Å². The molecule has 0 spiro atoms. The van der Waals surface area contributed by atoms with Gasteiger partial charge in [-0.25, -0.2) is 9.97 Å². The van der Waals surface area contributed by atoms with Gasteiger partial charge in [0.15, 0.2) is 0 Å². The maximum atomic E-state index is 10.4. The third-order valence-electron chi connectivity index (χ3n) is 4.24. The first-order chi connectivity index (χ1) is 10.7. The number of rotatable bonds is 2. The Morgan fingerprint density at radius 1 is 1.00 bits per heavy atom. The molecular formula is C18H17N3O. The standard InChI is InChI=1S/C18H17N3O/c1-11-18(20-15-9-5-4-8-14(15)19-11)21-17-13-7-3-2-6-12(13)10-16(17)22/h2-9,16-17,22H,10H2,1H3,(H,20,21)/t16-,17+/m1/s1. The molecule has 1 aliphatic carbocycles. The van der Waals surface area contributed by atoms with Crippen molar-refractivity contribution in [3.05, 3.63) is 65.4 Å². The number of aryl methyl sites for hydroxylation is 1. The number of aliphatic hydroxyl groups excluding tert-OH is 1. The number of hydrogen-bond acceptors (Lipinski definition) is 4. The molecule has 4 rings (SSSR count). The van der Waals surface area contributed by atoms with Crippen LogP contribution in [0.4, 0.5) is 5.82 Å². The SMILES string of the molecule is Cc1nc2ccccc2nc1N[C@H]1c2ccccc2C[C@H]1O. The van der Waals surface area contributed by atoms with Crippen molar-refractivity contribution in [3.63, 3.8) is 0 Å². The summed E-state index contributed by atoms with van der Waals surface area (Å²) in [5, 5.41) is 13.7. The van der Waals surface area contributed by atoms with E-state index in [9.17, 15) is 5.11 Å². The lowest BCUT2D eigenvalue weighted by Crippen LogP contribution is -2.22. The van der Waals surface area contributed by atoms with Gasteiger partial charge in [0.05, 0.1) is 28.9 Å². The van der Waals surface area contributed by atoms with Gasteiger partial charge in [-0.15, -0.1) is 0 Å². The van der Waals surface area contributed by atoms with E-state index >= 15 is 0 Å². The van der Waals surface area contributed by atoms with Gasteiger partial charge in [-0.2, -0.15) is 0 Å². The van der Waals surface area contributed by atoms with E-state index in [0.717, 1.165) is 28.1 Å². The predicted octanol–water partition coefficient (Wildman–Crippen LogP) is 3.01. The molecule has 1 aromatic heterocycles. The van der Waals surface area contributed by atoms with Crippen LogP contribution in [0.3, 0.4) is 0 Å². The Labute approximate surface area is 128 Å². The highest BCUT2D eigenvalue weighted by atomic mass is 16.3. The summed E-state index contributed by atoms with van der Waals surface area (Å²) < 4.78 is 0. The van der Waals surface area contributed by atoms with E-state index in [0.29, 0.717) is 6.42 Å². The lowest BCUT2D eigenvalue weighted by Gasteiger charge is -2.19. The number of fused-ring (bicyclic) bond motifs is 2. The Morgan fingerprint density at radius 3 is 2.50 bits per heavy atom. The number of para-hydroxylation sites is 2. The quantitative estimate of drug-likeness (QED) is 0.762. The molecule has 0 fully saturated rings. The third-order valence-corrected chi connectivity index (χ3v) is 4.24. The second-order valence-corrected chi connectivity index (χ2v) is 5.74. The third kappa shape index (κ3) is 2.12. The lowest BCUT2D eigenvalue weighted by atomic mass is 10.1. The van der Waals surface area contributed by atoms with E-state index < -0.39 is 6.10 Å². The van der Waals surface area contributed by atoms with E-state index in [1.807, 2.05) is 43.3 Å². The van der Waals surface area contributed by atoms with Crippen LogP contribution in [0.1, 0.15) is 22.9 Å². The zero-order valence-electron chi connectivity index (χ0n) is 12.3. The normalized spacial score (nSPS) is 20.1. The highest BCUT2D eigenvalue weighted by Gasteiger charge is 2.31. The Bertz CT molecular complexity index is 847. The molecule has 0 unspecified atom stereocenters. The highest BCUT2D eigenvalue weighted by molar-refractivity contribution is 5.76. The van der Waals surface area contributed by atoms with Crippen molar-refractivity contribution in [2.45, 2.75) is 25.5 Å². The molecule has 2 N–H and O–H groups in total. The van der Waals surface area contributed by atoms with Gasteiger partial charge in [0.25, 0.3) is 0 Å². The first-order valence-corrected chi connectivity index (χ1v) is 7.48. The fourth-order valence-corrected chi connectivity index (χ4v) is 3.12. The van der Waals surface area contributed by atoms with Crippen LogP contribution in [0.2, 0.25) is 0 Å². The Balaban J connectivity index is 1.73. The summed E-state index contributed by atoms with van der Waals surface area (Å²) in [7, 11) is 0. The maximum Gasteiger partial charge on any atom is 0.148 e.